The molecule has 1 aliphatic heterocycles. The second-order valence-corrected chi connectivity index (χ2v) is 6.05. The molecule has 1 aliphatic rings. The van der Waals surface area contributed by atoms with Crippen LogP contribution in [0.1, 0.15) is 48.4 Å². The number of hydrogen-bond acceptors (Lipinski definition) is 2. The van der Waals surface area contributed by atoms with Crippen molar-refractivity contribution < 1.29 is 13.2 Å². The lowest BCUT2D eigenvalue weighted by Gasteiger charge is -2.28. The van der Waals surface area contributed by atoms with Gasteiger partial charge in [0.15, 0.2) is 5.69 Å². The summed E-state index contributed by atoms with van der Waals surface area (Å²) in [4.78, 5) is 0. The van der Waals surface area contributed by atoms with Crippen molar-refractivity contribution in [3.05, 3.63) is 53.3 Å². The van der Waals surface area contributed by atoms with Crippen LogP contribution in [0, 0.1) is 5.41 Å². The number of benzene rings is 1. The van der Waals surface area contributed by atoms with Crippen molar-refractivity contribution in [2.45, 2.75) is 43.8 Å². The lowest BCUT2D eigenvalue weighted by Crippen LogP contribution is -2.38. The number of halogens is 3. The number of nitrogens with one attached hydrogen (secondary N) is 3. The van der Waals surface area contributed by atoms with Gasteiger partial charge in [-0.25, -0.2) is 0 Å². The summed E-state index contributed by atoms with van der Waals surface area (Å²) in [5.41, 5.74) is 0.0337. The molecule has 0 bridgehead atoms. The minimum absolute atomic E-state index is 0.126. The molecule has 1 saturated heterocycles. The molecule has 0 amide bonds. The minimum atomic E-state index is -4.51. The number of hydrogen-bond donors (Lipinski definition) is 3. The van der Waals surface area contributed by atoms with Crippen molar-refractivity contribution in [3.8, 4) is 0 Å². The van der Waals surface area contributed by atoms with Gasteiger partial charge in [-0.15, -0.1) is 0 Å². The molecule has 2 atom stereocenters. The average Bonchev–Trinajstić information content (AvgIpc) is 2.92. The first kappa shape index (κ1) is 16.5. The third-order valence-electron chi connectivity index (χ3n) is 4.39. The molecule has 0 saturated carbocycles. The van der Waals surface area contributed by atoms with Gasteiger partial charge in [-0.1, -0.05) is 36.8 Å². The van der Waals surface area contributed by atoms with Gasteiger partial charge in [0.05, 0.1) is 5.84 Å². The third-order valence-corrected chi connectivity index (χ3v) is 4.39. The lowest BCUT2D eigenvalue weighted by molar-refractivity contribution is -0.141. The summed E-state index contributed by atoms with van der Waals surface area (Å²) in [6.45, 7) is 0. The molecule has 1 aromatic carbocycles. The average molecular weight is 336 g/mol. The Morgan fingerprint density at radius 2 is 1.92 bits per heavy atom. The van der Waals surface area contributed by atoms with E-state index in [4.69, 9.17) is 5.41 Å². The molecule has 1 aromatic heterocycles. The fourth-order valence-corrected chi connectivity index (χ4v) is 3.34. The summed E-state index contributed by atoms with van der Waals surface area (Å²) in [5.74, 6) is -0.129. The van der Waals surface area contributed by atoms with Crippen LogP contribution in [-0.4, -0.2) is 22.1 Å². The molecule has 2 aromatic rings. The summed E-state index contributed by atoms with van der Waals surface area (Å²) < 4.78 is 40.0. The largest absolute Gasteiger partial charge is 0.435 e. The van der Waals surface area contributed by atoms with Crippen LogP contribution < -0.4 is 5.32 Å². The zero-order chi connectivity index (χ0) is 17.2. The predicted molar refractivity (Wildman–Crippen MR) is 85.0 cm³/mol. The first-order valence-corrected chi connectivity index (χ1v) is 7.96. The second-order valence-electron chi connectivity index (χ2n) is 6.05. The van der Waals surface area contributed by atoms with E-state index in [-0.39, 0.29) is 11.6 Å². The molecule has 3 rings (SSSR count). The van der Waals surface area contributed by atoms with Gasteiger partial charge in [0.25, 0.3) is 0 Å². The van der Waals surface area contributed by atoms with E-state index in [0.29, 0.717) is 18.7 Å². The number of aromatic nitrogens is 2. The van der Waals surface area contributed by atoms with Crippen molar-refractivity contribution in [1.82, 2.24) is 15.5 Å². The van der Waals surface area contributed by atoms with Gasteiger partial charge in [-0.2, -0.15) is 18.3 Å². The summed E-state index contributed by atoms with van der Waals surface area (Å²) in [6, 6.07) is 8.86. The second kappa shape index (κ2) is 6.67. The molecule has 3 N–H and O–H groups in total. The smallest absolute Gasteiger partial charge is 0.370 e. The Morgan fingerprint density at radius 3 is 2.62 bits per heavy atom. The van der Waals surface area contributed by atoms with Gasteiger partial charge >= 0.3 is 6.18 Å². The number of aromatic amines is 1. The molecule has 2 unspecified atom stereocenters. The fraction of sp³-hybridized carbons (Fsp3) is 0.412. The van der Waals surface area contributed by atoms with E-state index < -0.39 is 17.8 Å². The first-order chi connectivity index (χ1) is 11.5. The molecule has 0 spiro atoms. The zero-order valence-electron chi connectivity index (χ0n) is 13.0. The molecule has 128 valence electrons. The highest BCUT2D eigenvalue weighted by Crippen LogP contribution is 2.39. The van der Waals surface area contributed by atoms with E-state index in [1.165, 1.54) is 6.20 Å². The van der Waals surface area contributed by atoms with Gasteiger partial charge in [0.2, 0.25) is 0 Å². The molecule has 1 fully saturated rings. The van der Waals surface area contributed by atoms with Crippen LogP contribution in [-0.2, 0) is 6.18 Å². The maximum Gasteiger partial charge on any atom is 0.435 e. The Hall–Kier alpha value is -2.31. The summed E-state index contributed by atoms with van der Waals surface area (Å²) in [7, 11) is 0. The zero-order valence-corrected chi connectivity index (χ0v) is 13.0. The highest BCUT2D eigenvalue weighted by atomic mass is 19.4. The van der Waals surface area contributed by atoms with Crippen molar-refractivity contribution in [3.63, 3.8) is 0 Å². The van der Waals surface area contributed by atoms with Gasteiger partial charge in [-0.05, 0) is 18.4 Å². The van der Waals surface area contributed by atoms with E-state index in [2.05, 4.69) is 15.5 Å². The van der Waals surface area contributed by atoms with Crippen LogP contribution >= 0.6 is 0 Å². The Kier molecular flexibility index (Phi) is 4.59. The van der Waals surface area contributed by atoms with Crippen LogP contribution in [0.15, 0.2) is 36.5 Å². The quantitative estimate of drug-likeness (QED) is 0.791. The molecule has 2 heterocycles. The van der Waals surface area contributed by atoms with Gasteiger partial charge < -0.3 is 5.32 Å². The highest BCUT2D eigenvalue weighted by Gasteiger charge is 2.40. The van der Waals surface area contributed by atoms with E-state index in [0.717, 1.165) is 18.4 Å². The molecule has 0 radical (unpaired) electrons. The Morgan fingerprint density at radius 1 is 1.17 bits per heavy atom. The first-order valence-electron chi connectivity index (χ1n) is 7.96. The maximum atomic E-state index is 13.3. The van der Waals surface area contributed by atoms with Crippen molar-refractivity contribution in [2.75, 3.05) is 0 Å². The van der Waals surface area contributed by atoms with E-state index in [1.807, 2.05) is 30.3 Å². The highest BCUT2D eigenvalue weighted by molar-refractivity contribution is 5.79. The van der Waals surface area contributed by atoms with Crippen LogP contribution in [0.2, 0.25) is 0 Å². The normalized spacial score (nSPS) is 20.3. The molecule has 7 heteroatoms. The SMILES string of the molecule is N=C1CCCCC(C(c2ccccc2)c2c[nH]nc2C(F)(F)F)N1. The topological polar surface area (TPSA) is 64.6 Å². The van der Waals surface area contributed by atoms with Crippen LogP contribution in [0.4, 0.5) is 13.2 Å². The molecular formula is C17H19F3N4. The number of alkyl halides is 3. The summed E-state index contributed by atoms with van der Waals surface area (Å²) >= 11 is 0. The van der Waals surface area contributed by atoms with E-state index in [1.54, 1.807) is 0 Å². The van der Waals surface area contributed by atoms with Crippen molar-refractivity contribution in [1.29, 1.82) is 5.41 Å². The number of H-pyrrole nitrogens is 1. The lowest BCUT2D eigenvalue weighted by atomic mass is 9.83. The molecule has 24 heavy (non-hydrogen) atoms. The van der Waals surface area contributed by atoms with Gasteiger partial charge in [0.1, 0.15) is 0 Å². The van der Waals surface area contributed by atoms with Crippen LogP contribution in [0.5, 0.6) is 0 Å². The van der Waals surface area contributed by atoms with Crippen molar-refractivity contribution in [2.24, 2.45) is 0 Å². The maximum absolute atomic E-state index is 13.3. The van der Waals surface area contributed by atoms with Crippen LogP contribution in [0.25, 0.3) is 0 Å². The van der Waals surface area contributed by atoms with E-state index in [9.17, 15) is 13.2 Å². The molecule has 4 nitrogen and oxygen atoms in total. The summed E-state index contributed by atoms with van der Waals surface area (Å²) in [5, 5.41) is 16.9. The van der Waals surface area contributed by atoms with Gasteiger partial charge in [0, 0.05) is 30.1 Å². The fourth-order valence-electron chi connectivity index (χ4n) is 3.34. The third kappa shape index (κ3) is 3.44. The molecular weight excluding hydrogens is 317 g/mol. The van der Waals surface area contributed by atoms with E-state index >= 15 is 0 Å². The van der Waals surface area contributed by atoms with Crippen LogP contribution in [0.3, 0.4) is 0 Å². The summed E-state index contributed by atoms with van der Waals surface area (Å²) in [6.07, 6.45) is -0.0822. The minimum Gasteiger partial charge on any atom is -0.370 e. The number of nitrogens with zero attached hydrogens (tertiary/aromatic N) is 1. The van der Waals surface area contributed by atoms with Gasteiger partial charge in [-0.3, -0.25) is 10.5 Å². The number of rotatable bonds is 3. The Bertz CT molecular complexity index is 693. The molecule has 0 aliphatic carbocycles. The Balaban J connectivity index is 2.06. The Labute approximate surface area is 138 Å². The van der Waals surface area contributed by atoms with Crippen molar-refractivity contribution >= 4 is 5.84 Å². The predicted octanol–water partition coefficient (Wildman–Crippen LogP) is 4.07. The number of amidine groups is 1. The standard InChI is InChI=1S/C17H19F3N4/c18-17(19,20)16-12(10-22-24-16)15(11-6-2-1-3-7-11)13-8-4-5-9-14(21)23-13/h1-3,6-7,10,13,15H,4-5,8-9H2,(H2,21,23)(H,22,24). The monoisotopic (exact) mass is 336 g/mol.